The van der Waals surface area contributed by atoms with Crippen molar-refractivity contribution in [1.82, 2.24) is 19.8 Å². The average Bonchev–Trinajstić information content (AvgIpc) is 2.64. The summed E-state index contributed by atoms with van der Waals surface area (Å²) in [6, 6.07) is 1.26. The summed E-state index contributed by atoms with van der Waals surface area (Å²) in [5.74, 6) is 1.11. The molecule has 4 heteroatoms. The van der Waals surface area contributed by atoms with E-state index in [0.29, 0.717) is 12.1 Å². The highest BCUT2D eigenvalue weighted by atomic mass is 15.3. The van der Waals surface area contributed by atoms with E-state index in [4.69, 9.17) is 0 Å². The summed E-state index contributed by atoms with van der Waals surface area (Å²) in [4.78, 5) is 6.83. The molecule has 1 N–H and O–H groups in total. The van der Waals surface area contributed by atoms with Gasteiger partial charge in [-0.15, -0.1) is 0 Å². The van der Waals surface area contributed by atoms with Crippen molar-refractivity contribution in [2.45, 2.75) is 39.4 Å². The van der Waals surface area contributed by atoms with Crippen LogP contribution in [-0.4, -0.2) is 46.2 Å². The SMILES string of the molecule is Cc1nccn1CCN1C(C)CNCC1C. The van der Waals surface area contributed by atoms with Gasteiger partial charge >= 0.3 is 0 Å². The Balaban J connectivity index is 1.91. The highest BCUT2D eigenvalue weighted by molar-refractivity contribution is 4.89. The summed E-state index contributed by atoms with van der Waals surface area (Å²) >= 11 is 0. The lowest BCUT2D eigenvalue weighted by Gasteiger charge is -2.39. The van der Waals surface area contributed by atoms with Crippen LogP contribution < -0.4 is 5.32 Å². The first kappa shape index (κ1) is 11.6. The molecule has 16 heavy (non-hydrogen) atoms. The highest BCUT2D eigenvalue weighted by Crippen LogP contribution is 2.09. The predicted molar refractivity (Wildman–Crippen MR) is 65.5 cm³/mol. The summed E-state index contributed by atoms with van der Waals surface area (Å²) in [6.45, 7) is 11.0. The van der Waals surface area contributed by atoms with Crippen molar-refractivity contribution in [3.63, 3.8) is 0 Å². The van der Waals surface area contributed by atoms with Crippen LogP contribution in [-0.2, 0) is 6.54 Å². The van der Waals surface area contributed by atoms with Crippen LogP contribution in [0.2, 0.25) is 0 Å². The Hall–Kier alpha value is -0.870. The monoisotopic (exact) mass is 222 g/mol. The molecule has 0 aromatic carbocycles. The normalized spacial score (nSPS) is 27.2. The second-order valence-corrected chi connectivity index (χ2v) is 4.76. The standard InChI is InChI=1S/C12H22N4/c1-10-8-13-9-11(2)16(10)7-6-15-5-4-14-12(15)3/h4-5,10-11,13H,6-9H2,1-3H3. The summed E-state index contributed by atoms with van der Waals surface area (Å²) in [6.07, 6.45) is 3.94. The molecule has 1 aromatic rings. The molecule has 0 radical (unpaired) electrons. The average molecular weight is 222 g/mol. The van der Waals surface area contributed by atoms with E-state index >= 15 is 0 Å². The smallest absolute Gasteiger partial charge is 0.105 e. The van der Waals surface area contributed by atoms with Gasteiger partial charge in [0.2, 0.25) is 0 Å². The lowest BCUT2D eigenvalue weighted by atomic mass is 10.1. The fraction of sp³-hybridized carbons (Fsp3) is 0.750. The lowest BCUT2D eigenvalue weighted by Crippen LogP contribution is -2.55. The molecule has 2 rings (SSSR count). The number of hydrogen-bond donors (Lipinski definition) is 1. The van der Waals surface area contributed by atoms with Gasteiger partial charge in [-0.05, 0) is 20.8 Å². The van der Waals surface area contributed by atoms with Crippen molar-refractivity contribution < 1.29 is 0 Å². The van der Waals surface area contributed by atoms with Crippen LogP contribution in [0.25, 0.3) is 0 Å². The molecule has 1 aromatic heterocycles. The van der Waals surface area contributed by atoms with Crippen LogP contribution in [0.15, 0.2) is 12.4 Å². The van der Waals surface area contributed by atoms with E-state index in [9.17, 15) is 0 Å². The van der Waals surface area contributed by atoms with E-state index in [1.54, 1.807) is 0 Å². The first-order chi connectivity index (χ1) is 7.68. The Kier molecular flexibility index (Phi) is 3.61. The largest absolute Gasteiger partial charge is 0.334 e. The van der Waals surface area contributed by atoms with Crippen LogP contribution >= 0.6 is 0 Å². The van der Waals surface area contributed by atoms with Gasteiger partial charge in [0.05, 0.1) is 0 Å². The molecule has 90 valence electrons. The fourth-order valence-electron chi connectivity index (χ4n) is 2.47. The number of hydrogen-bond acceptors (Lipinski definition) is 3. The second kappa shape index (κ2) is 4.97. The van der Waals surface area contributed by atoms with Gasteiger partial charge in [-0.2, -0.15) is 0 Å². The summed E-state index contributed by atoms with van der Waals surface area (Å²) in [5.41, 5.74) is 0. The lowest BCUT2D eigenvalue weighted by molar-refractivity contribution is 0.112. The third kappa shape index (κ3) is 2.44. The van der Waals surface area contributed by atoms with Gasteiger partial charge in [-0.3, -0.25) is 4.90 Å². The third-order valence-corrected chi connectivity index (χ3v) is 3.53. The maximum Gasteiger partial charge on any atom is 0.105 e. The topological polar surface area (TPSA) is 33.1 Å². The highest BCUT2D eigenvalue weighted by Gasteiger charge is 2.23. The van der Waals surface area contributed by atoms with E-state index in [1.165, 1.54) is 0 Å². The Morgan fingerprint density at radius 1 is 1.31 bits per heavy atom. The Bertz CT molecular complexity index is 324. The molecular weight excluding hydrogens is 200 g/mol. The molecule has 0 amide bonds. The van der Waals surface area contributed by atoms with Crippen LogP contribution in [0.5, 0.6) is 0 Å². The van der Waals surface area contributed by atoms with Crippen molar-refractivity contribution in [2.75, 3.05) is 19.6 Å². The number of imidazole rings is 1. The number of nitrogens with zero attached hydrogens (tertiary/aromatic N) is 3. The number of aromatic nitrogens is 2. The molecule has 1 aliphatic heterocycles. The molecule has 0 spiro atoms. The molecule has 1 aliphatic rings. The number of aryl methyl sites for hydroxylation is 1. The molecule has 1 saturated heterocycles. The van der Waals surface area contributed by atoms with E-state index in [-0.39, 0.29) is 0 Å². The number of piperazine rings is 1. The molecule has 2 atom stereocenters. The predicted octanol–water partition coefficient (Wildman–Crippen LogP) is 0.874. The zero-order valence-corrected chi connectivity index (χ0v) is 10.5. The van der Waals surface area contributed by atoms with E-state index in [2.05, 4.69) is 46.7 Å². The van der Waals surface area contributed by atoms with Crippen molar-refractivity contribution in [3.05, 3.63) is 18.2 Å². The number of nitrogens with one attached hydrogen (secondary N) is 1. The van der Waals surface area contributed by atoms with Crippen LogP contribution in [0.4, 0.5) is 0 Å². The molecule has 2 heterocycles. The molecular formula is C12H22N4. The third-order valence-electron chi connectivity index (χ3n) is 3.53. The molecule has 4 nitrogen and oxygen atoms in total. The van der Waals surface area contributed by atoms with E-state index < -0.39 is 0 Å². The van der Waals surface area contributed by atoms with Crippen LogP contribution in [0.3, 0.4) is 0 Å². The summed E-state index contributed by atoms with van der Waals surface area (Å²) in [5, 5.41) is 3.46. The minimum atomic E-state index is 0.632. The van der Waals surface area contributed by atoms with Gasteiger partial charge in [0, 0.05) is 50.7 Å². The minimum Gasteiger partial charge on any atom is -0.334 e. The molecule has 0 aliphatic carbocycles. The van der Waals surface area contributed by atoms with Gasteiger partial charge in [0.25, 0.3) is 0 Å². The first-order valence-corrected chi connectivity index (χ1v) is 6.12. The van der Waals surface area contributed by atoms with Gasteiger partial charge in [-0.1, -0.05) is 0 Å². The fourth-order valence-corrected chi connectivity index (χ4v) is 2.47. The zero-order valence-electron chi connectivity index (χ0n) is 10.5. The van der Waals surface area contributed by atoms with Crippen molar-refractivity contribution in [2.24, 2.45) is 0 Å². The summed E-state index contributed by atoms with van der Waals surface area (Å²) < 4.78 is 2.22. The quantitative estimate of drug-likeness (QED) is 0.824. The molecule has 0 saturated carbocycles. The van der Waals surface area contributed by atoms with Crippen molar-refractivity contribution in [1.29, 1.82) is 0 Å². The Morgan fingerprint density at radius 2 is 2.00 bits per heavy atom. The van der Waals surface area contributed by atoms with E-state index in [0.717, 1.165) is 32.0 Å². The first-order valence-electron chi connectivity index (χ1n) is 6.12. The zero-order chi connectivity index (χ0) is 11.5. The van der Waals surface area contributed by atoms with Gasteiger partial charge in [0.1, 0.15) is 5.82 Å². The van der Waals surface area contributed by atoms with Crippen molar-refractivity contribution >= 4 is 0 Å². The molecule has 0 bridgehead atoms. The minimum absolute atomic E-state index is 0.632. The van der Waals surface area contributed by atoms with Gasteiger partial charge in [-0.25, -0.2) is 4.98 Å². The Labute approximate surface area is 97.7 Å². The van der Waals surface area contributed by atoms with Crippen LogP contribution in [0.1, 0.15) is 19.7 Å². The van der Waals surface area contributed by atoms with Crippen LogP contribution in [0, 0.1) is 6.92 Å². The maximum atomic E-state index is 4.25. The molecule has 2 unspecified atom stereocenters. The van der Waals surface area contributed by atoms with E-state index in [1.807, 2.05) is 6.20 Å². The molecule has 1 fully saturated rings. The maximum absolute atomic E-state index is 4.25. The number of rotatable bonds is 3. The van der Waals surface area contributed by atoms with Gasteiger partial charge in [0.15, 0.2) is 0 Å². The van der Waals surface area contributed by atoms with Crippen molar-refractivity contribution in [3.8, 4) is 0 Å². The Morgan fingerprint density at radius 3 is 2.56 bits per heavy atom. The van der Waals surface area contributed by atoms with Gasteiger partial charge < -0.3 is 9.88 Å². The second-order valence-electron chi connectivity index (χ2n) is 4.76. The summed E-state index contributed by atoms with van der Waals surface area (Å²) in [7, 11) is 0.